The minimum Gasteiger partial charge on any atom is -0.493 e. The lowest BCUT2D eigenvalue weighted by Gasteiger charge is -2.33. The Bertz CT molecular complexity index is 967. The molecule has 6 nitrogen and oxygen atoms in total. The van der Waals surface area contributed by atoms with Gasteiger partial charge in [-0.3, -0.25) is 9.59 Å². The Morgan fingerprint density at radius 1 is 0.879 bits per heavy atom. The van der Waals surface area contributed by atoms with Crippen LogP contribution in [0.3, 0.4) is 0 Å². The number of ether oxygens (including phenoxy) is 2. The molecule has 1 saturated carbocycles. The van der Waals surface area contributed by atoms with Crippen LogP contribution in [-0.2, 0) is 0 Å². The number of Topliss-reactive ketones (excluding diaryl/α,β-unsaturated/α-hetero) is 1. The highest BCUT2D eigenvalue weighted by molar-refractivity contribution is 6.00. The number of ketones is 1. The molecule has 2 fully saturated rings. The summed E-state index contributed by atoms with van der Waals surface area (Å²) in [4.78, 5) is 25.8. The molecule has 4 rings (SSSR count). The number of hydrogen-bond acceptors (Lipinski definition) is 5. The quantitative estimate of drug-likeness (QED) is 0.614. The minimum absolute atomic E-state index is 0.0305. The van der Waals surface area contributed by atoms with Crippen molar-refractivity contribution in [2.75, 3.05) is 27.3 Å². The van der Waals surface area contributed by atoms with Gasteiger partial charge in [0.25, 0.3) is 5.91 Å². The second kappa shape index (κ2) is 10.8. The Labute approximate surface area is 196 Å². The van der Waals surface area contributed by atoms with Crippen molar-refractivity contribution < 1.29 is 19.1 Å². The molecule has 0 aromatic heterocycles. The van der Waals surface area contributed by atoms with Gasteiger partial charge in [-0.15, -0.1) is 0 Å². The molecule has 1 aliphatic heterocycles. The first kappa shape index (κ1) is 23.3. The molecule has 2 aromatic rings. The lowest BCUT2D eigenvalue weighted by atomic mass is 9.79. The summed E-state index contributed by atoms with van der Waals surface area (Å²) in [7, 11) is 3.27. The number of hydrogen-bond donors (Lipinski definition) is 2. The molecule has 2 aromatic carbocycles. The van der Waals surface area contributed by atoms with Crippen LogP contribution in [0, 0.1) is 5.92 Å². The summed E-state index contributed by atoms with van der Waals surface area (Å²) in [6.45, 7) is 1.72. The van der Waals surface area contributed by atoms with Gasteiger partial charge in [0.05, 0.1) is 14.2 Å². The lowest BCUT2D eigenvalue weighted by Crippen LogP contribution is -2.41. The van der Waals surface area contributed by atoms with Crippen molar-refractivity contribution in [1.82, 2.24) is 10.6 Å². The van der Waals surface area contributed by atoms with Crippen molar-refractivity contribution >= 4 is 11.7 Å². The third-order valence-electron chi connectivity index (χ3n) is 7.02. The van der Waals surface area contributed by atoms with Crippen LogP contribution in [-0.4, -0.2) is 45.0 Å². The van der Waals surface area contributed by atoms with Crippen molar-refractivity contribution in [3.05, 3.63) is 59.2 Å². The highest BCUT2D eigenvalue weighted by Crippen LogP contribution is 2.37. The summed E-state index contributed by atoms with van der Waals surface area (Å²) in [5.74, 6) is 1.74. The van der Waals surface area contributed by atoms with Gasteiger partial charge in [0.2, 0.25) is 0 Å². The molecular weight excluding hydrogens is 416 g/mol. The zero-order valence-electron chi connectivity index (χ0n) is 19.6. The van der Waals surface area contributed by atoms with Crippen molar-refractivity contribution in [2.24, 2.45) is 5.92 Å². The Kier molecular flexibility index (Phi) is 7.65. The van der Waals surface area contributed by atoms with E-state index < -0.39 is 0 Å². The number of carbonyl (C=O) groups excluding carboxylic acids is 2. The largest absolute Gasteiger partial charge is 0.493 e. The molecule has 2 aliphatic rings. The van der Waals surface area contributed by atoms with Crippen LogP contribution >= 0.6 is 0 Å². The van der Waals surface area contributed by atoms with Gasteiger partial charge in [0.15, 0.2) is 17.3 Å². The lowest BCUT2D eigenvalue weighted by molar-refractivity contribution is 0.0894. The van der Waals surface area contributed by atoms with Gasteiger partial charge in [0.1, 0.15) is 0 Å². The van der Waals surface area contributed by atoms with E-state index in [-0.39, 0.29) is 29.6 Å². The topological polar surface area (TPSA) is 76.7 Å². The molecule has 176 valence electrons. The fraction of sp³-hybridized carbons (Fsp3) is 0.481. The second-order valence-corrected chi connectivity index (χ2v) is 9.07. The van der Waals surface area contributed by atoms with Gasteiger partial charge >= 0.3 is 0 Å². The Morgan fingerprint density at radius 3 is 2.30 bits per heavy atom. The monoisotopic (exact) mass is 450 g/mol. The zero-order valence-corrected chi connectivity index (χ0v) is 19.6. The zero-order chi connectivity index (χ0) is 23.2. The van der Waals surface area contributed by atoms with Crippen molar-refractivity contribution in [3.63, 3.8) is 0 Å². The summed E-state index contributed by atoms with van der Waals surface area (Å²) < 4.78 is 10.9. The number of piperidine rings is 1. The third-order valence-corrected chi connectivity index (χ3v) is 7.02. The van der Waals surface area contributed by atoms with Gasteiger partial charge in [-0.1, -0.05) is 31.0 Å². The molecule has 0 bridgehead atoms. The van der Waals surface area contributed by atoms with E-state index in [1.807, 2.05) is 12.1 Å². The predicted octanol–water partition coefficient (Wildman–Crippen LogP) is 4.34. The molecule has 1 unspecified atom stereocenters. The fourth-order valence-electron chi connectivity index (χ4n) is 5.13. The van der Waals surface area contributed by atoms with E-state index in [0.717, 1.165) is 57.2 Å². The van der Waals surface area contributed by atoms with Gasteiger partial charge in [-0.05, 0) is 62.1 Å². The highest BCUT2D eigenvalue weighted by atomic mass is 16.5. The number of rotatable bonds is 7. The number of carbonyl (C=O) groups is 2. The van der Waals surface area contributed by atoms with Gasteiger partial charge in [0, 0.05) is 35.5 Å². The molecule has 1 saturated heterocycles. The first-order valence-electron chi connectivity index (χ1n) is 12.0. The summed E-state index contributed by atoms with van der Waals surface area (Å²) in [6, 6.07) is 13.2. The van der Waals surface area contributed by atoms with Gasteiger partial charge in [-0.2, -0.15) is 0 Å². The first-order chi connectivity index (χ1) is 16.1. The molecular formula is C27H34N2O4. The van der Waals surface area contributed by atoms with E-state index in [4.69, 9.17) is 9.47 Å². The average Bonchev–Trinajstić information content (AvgIpc) is 2.88. The SMILES string of the molecule is COc1ccc([C@H]2CCCC[C@H]2NC(=O)c2ccc(C(=O)C3CCCNC3)cc2)cc1OC. The van der Waals surface area contributed by atoms with Crippen molar-refractivity contribution in [2.45, 2.75) is 50.5 Å². The smallest absolute Gasteiger partial charge is 0.251 e. The Balaban J connectivity index is 1.44. The third kappa shape index (κ3) is 5.38. The molecule has 1 amide bonds. The molecule has 1 heterocycles. The van der Waals surface area contributed by atoms with Gasteiger partial charge in [-0.25, -0.2) is 0 Å². The molecule has 0 radical (unpaired) electrons. The number of nitrogens with one attached hydrogen (secondary N) is 2. The predicted molar refractivity (Wildman–Crippen MR) is 128 cm³/mol. The number of benzene rings is 2. The average molecular weight is 451 g/mol. The molecule has 33 heavy (non-hydrogen) atoms. The minimum atomic E-state index is -0.0919. The van der Waals surface area contributed by atoms with Crippen LogP contribution in [0.5, 0.6) is 11.5 Å². The number of amides is 1. The Morgan fingerprint density at radius 2 is 1.61 bits per heavy atom. The number of methoxy groups -OCH3 is 2. The first-order valence-corrected chi connectivity index (χ1v) is 12.0. The van der Waals surface area contributed by atoms with E-state index in [0.29, 0.717) is 22.6 Å². The van der Waals surface area contributed by atoms with Gasteiger partial charge < -0.3 is 20.1 Å². The maximum absolute atomic E-state index is 13.0. The van der Waals surface area contributed by atoms with E-state index in [2.05, 4.69) is 16.7 Å². The van der Waals surface area contributed by atoms with E-state index >= 15 is 0 Å². The Hall–Kier alpha value is -2.86. The molecule has 0 spiro atoms. The van der Waals surface area contributed by atoms with Crippen LogP contribution < -0.4 is 20.1 Å². The van der Waals surface area contributed by atoms with Crippen molar-refractivity contribution in [1.29, 1.82) is 0 Å². The van der Waals surface area contributed by atoms with Crippen LogP contribution in [0.2, 0.25) is 0 Å². The van der Waals surface area contributed by atoms with Crippen LogP contribution in [0.25, 0.3) is 0 Å². The maximum atomic E-state index is 13.0. The van der Waals surface area contributed by atoms with Crippen LogP contribution in [0.4, 0.5) is 0 Å². The second-order valence-electron chi connectivity index (χ2n) is 9.07. The molecule has 2 N–H and O–H groups in total. The van der Waals surface area contributed by atoms with E-state index in [1.54, 1.807) is 38.5 Å². The van der Waals surface area contributed by atoms with E-state index in [1.165, 1.54) is 0 Å². The summed E-state index contributed by atoms with van der Waals surface area (Å²) in [6.07, 6.45) is 6.14. The molecule has 3 atom stereocenters. The summed E-state index contributed by atoms with van der Waals surface area (Å²) >= 11 is 0. The van der Waals surface area contributed by atoms with Crippen molar-refractivity contribution in [3.8, 4) is 11.5 Å². The van der Waals surface area contributed by atoms with Crippen LogP contribution in [0.1, 0.15) is 70.7 Å². The highest BCUT2D eigenvalue weighted by Gasteiger charge is 2.29. The molecule has 6 heteroatoms. The summed E-state index contributed by atoms with van der Waals surface area (Å²) in [5, 5.41) is 6.55. The van der Waals surface area contributed by atoms with Crippen LogP contribution in [0.15, 0.2) is 42.5 Å². The van der Waals surface area contributed by atoms with E-state index in [9.17, 15) is 9.59 Å². The summed E-state index contributed by atoms with van der Waals surface area (Å²) in [5.41, 5.74) is 2.42. The standard InChI is InChI=1S/C27H34N2O4/c1-32-24-14-13-20(16-25(24)33-2)22-7-3-4-8-23(22)29-27(31)19-11-9-18(10-12-19)26(30)21-6-5-15-28-17-21/h9-14,16,21-23,28H,3-8,15,17H2,1-2H3,(H,29,31)/t21?,22-,23-/m1/s1. The fourth-order valence-corrected chi connectivity index (χ4v) is 5.13. The normalized spacial score (nSPS) is 22.9. The molecule has 1 aliphatic carbocycles. The maximum Gasteiger partial charge on any atom is 0.251 e.